The fourth-order valence-electron chi connectivity index (χ4n) is 3.63. The topological polar surface area (TPSA) is 0 Å². The van der Waals surface area contributed by atoms with Gasteiger partial charge in [0.05, 0.1) is 0 Å². The van der Waals surface area contributed by atoms with E-state index >= 15 is 0 Å². The van der Waals surface area contributed by atoms with Gasteiger partial charge in [0, 0.05) is 0 Å². The molecule has 1 aromatic rings. The molecule has 0 nitrogen and oxygen atoms in total. The molecule has 2 aliphatic rings. The normalized spacial score (nSPS) is 19.0. The minimum atomic E-state index is -1.24. The van der Waals surface area contributed by atoms with Gasteiger partial charge in [-0.1, -0.05) is 0 Å². The molecule has 0 aliphatic heterocycles. The average molecular weight is 443 g/mol. The van der Waals surface area contributed by atoms with Gasteiger partial charge in [-0.2, -0.15) is 0 Å². The van der Waals surface area contributed by atoms with Gasteiger partial charge >= 0.3 is 153 Å². The largest absolute Gasteiger partial charge is 1.00 e. The van der Waals surface area contributed by atoms with E-state index in [1.165, 1.54) is 12.0 Å². The van der Waals surface area contributed by atoms with E-state index in [0.29, 0.717) is 4.22 Å². The van der Waals surface area contributed by atoms with Crippen molar-refractivity contribution in [3.63, 3.8) is 0 Å². The minimum absolute atomic E-state index is 0. The zero-order valence-electron chi connectivity index (χ0n) is 16.1. The Morgan fingerprint density at radius 2 is 1.56 bits per heavy atom. The van der Waals surface area contributed by atoms with E-state index in [1.807, 2.05) is 9.07 Å². The van der Waals surface area contributed by atoms with Gasteiger partial charge in [0.25, 0.3) is 0 Å². The molecule has 0 spiro atoms. The Labute approximate surface area is 177 Å². The summed E-state index contributed by atoms with van der Waals surface area (Å²) in [6.45, 7) is 15.2. The third-order valence-electron chi connectivity index (χ3n) is 4.89. The van der Waals surface area contributed by atoms with Crippen molar-refractivity contribution in [2.75, 3.05) is 0 Å². The third kappa shape index (κ3) is 4.91. The second-order valence-electron chi connectivity index (χ2n) is 8.79. The van der Waals surface area contributed by atoms with Crippen LogP contribution in [0, 0.1) is 0 Å². The quantitative estimate of drug-likeness (QED) is 0.583. The fourth-order valence-corrected chi connectivity index (χ4v) is 13.4. The summed E-state index contributed by atoms with van der Waals surface area (Å²) in [7, 11) is -2.45. The van der Waals surface area contributed by atoms with Crippen LogP contribution in [0.25, 0.3) is 6.08 Å². The maximum atomic E-state index is 2.61. The van der Waals surface area contributed by atoms with Crippen LogP contribution in [-0.4, -0.2) is 16.1 Å². The monoisotopic (exact) mass is 442 g/mol. The number of rotatable bonds is 4. The van der Waals surface area contributed by atoms with Gasteiger partial charge < -0.3 is 24.8 Å². The van der Waals surface area contributed by atoms with E-state index in [4.69, 9.17) is 0 Å². The van der Waals surface area contributed by atoms with Gasteiger partial charge in [-0.15, -0.1) is 0 Å². The molecule has 0 saturated heterocycles. The number of fused-ring (bicyclic) bond motifs is 1. The van der Waals surface area contributed by atoms with Gasteiger partial charge in [0.2, 0.25) is 0 Å². The fraction of sp³-hybridized carbons (Fsp3) is 0.400. The Kier molecular flexibility index (Phi) is 7.85. The first-order chi connectivity index (χ1) is 10.7. The molecule has 25 heavy (non-hydrogen) atoms. The smallest absolute Gasteiger partial charge is 1.00 e. The Bertz CT molecular complexity index is 722. The predicted octanol–water partition coefficient (Wildman–Crippen LogP) is 0.184. The molecular weight excluding hydrogens is 415 g/mol. The van der Waals surface area contributed by atoms with Crippen molar-refractivity contribution >= 4 is 22.2 Å². The Balaban J connectivity index is 0.00000156. The zero-order chi connectivity index (χ0) is 16.8. The van der Waals surface area contributed by atoms with Crippen LogP contribution in [0.5, 0.6) is 0 Å². The van der Waals surface area contributed by atoms with Gasteiger partial charge in [0.1, 0.15) is 0 Å². The van der Waals surface area contributed by atoms with Crippen LogP contribution < -0.4 is 24.8 Å². The first-order valence-electron chi connectivity index (χ1n) is 8.66. The Hall–Kier alpha value is 0.168. The minimum Gasteiger partial charge on any atom is -1.00 e. The maximum Gasteiger partial charge on any atom is -1.00 e. The number of halogens is 2. The van der Waals surface area contributed by atoms with Crippen molar-refractivity contribution in [1.82, 2.24) is 0 Å². The standard InChI is InChI=1S/C11H21Si2.C9H7.2ClH.Ti/c1-12(2,3)10-7-8-11(9-10)13(4,5)6;1-2-5-9-7-3-6-8(9)4-1;;;/h7H,8H2,1-6H3;1-7H;2*1H;/q;;;;+2/p-2. The average Bonchev–Trinajstić information content (AvgIpc) is 3.03. The number of hydrogen-bond donors (Lipinski definition) is 0. The molecule has 0 radical (unpaired) electrons. The number of allylic oxidation sites excluding steroid dienone is 5. The third-order valence-corrected chi connectivity index (χ3v) is 12.6. The molecule has 0 heterocycles. The summed E-state index contributed by atoms with van der Waals surface area (Å²) in [5.41, 5.74) is 3.03. The first-order valence-corrected chi connectivity index (χ1v) is 17.3. The van der Waals surface area contributed by atoms with Crippen molar-refractivity contribution in [3.05, 3.63) is 61.8 Å². The van der Waals surface area contributed by atoms with Crippen molar-refractivity contribution in [1.29, 1.82) is 0 Å². The van der Waals surface area contributed by atoms with Crippen molar-refractivity contribution < 1.29 is 44.0 Å². The molecule has 1 unspecified atom stereocenters. The summed E-state index contributed by atoms with van der Waals surface area (Å²) < 4.78 is 2.57. The van der Waals surface area contributed by atoms with Crippen molar-refractivity contribution in [3.8, 4) is 0 Å². The molecule has 0 fully saturated rings. The van der Waals surface area contributed by atoms with Crippen LogP contribution in [0.2, 0.25) is 39.3 Å². The first kappa shape index (κ1) is 23.2. The summed E-state index contributed by atoms with van der Waals surface area (Å²) in [5.74, 6) is 0. The van der Waals surface area contributed by atoms with Crippen molar-refractivity contribution in [2.24, 2.45) is 0 Å². The molecule has 5 heteroatoms. The van der Waals surface area contributed by atoms with Crippen LogP contribution in [0.4, 0.5) is 0 Å². The van der Waals surface area contributed by atoms with E-state index in [2.05, 4.69) is 81.8 Å². The van der Waals surface area contributed by atoms with E-state index in [9.17, 15) is 0 Å². The predicted molar refractivity (Wildman–Crippen MR) is 105 cm³/mol. The molecule has 134 valence electrons. The van der Waals surface area contributed by atoms with Crippen LogP contribution in [0.15, 0.2) is 50.7 Å². The molecule has 0 amide bonds. The molecule has 3 rings (SSSR count). The molecular formula is C20H28Cl2Si2Ti. The van der Waals surface area contributed by atoms with Crippen LogP contribution in [-0.2, 0) is 19.2 Å². The SMILES string of the molecule is C[Si](C)(C)C1=CCC([Si](C)(C)C)=[C]1[Ti+2][CH]1C=Cc2ccccc21.[Cl-].[Cl-]. The summed E-state index contributed by atoms with van der Waals surface area (Å²) in [5, 5.41) is 3.67. The van der Waals surface area contributed by atoms with E-state index in [0.717, 1.165) is 0 Å². The summed E-state index contributed by atoms with van der Waals surface area (Å²) in [6.07, 6.45) is 8.71. The van der Waals surface area contributed by atoms with Gasteiger partial charge in [-0.3, -0.25) is 0 Å². The molecule has 0 bridgehead atoms. The number of benzene rings is 1. The van der Waals surface area contributed by atoms with Crippen LogP contribution in [0.1, 0.15) is 21.8 Å². The zero-order valence-corrected chi connectivity index (χ0v) is 21.2. The Morgan fingerprint density at radius 1 is 0.920 bits per heavy atom. The van der Waals surface area contributed by atoms with Gasteiger partial charge in [-0.25, -0.2) is 0 Å². The summed E-state index contributed by atoms with van der Waals surface area (Å²) in [4.78, 5) is 0. The van der Waals surface area contributed by atoms with Crippen LogP contribution in [0.3, 0.4) is 0 Å². The van der Waals surface area contributed by atoms with Gasteiger partial charge in [-0.05, 0) is 0 Å². The summed E-state index contributed by atoms with van der Waals surface area (Å²) >= 11 is -0.153. The van der Waals surface area contributed by atoms with E-state index in [1.54, 1.807) is 10.8 Å². The molecule has 2 aliphatic carbocycles. The molecule has 0 saturated carbocycles. The van der Waals surface area contributed by atoms with Crippen LogP contribution >= 0.6 is 0 Å². The van der Waals surface area contributed by atoms with Gasteiger partial charge in [0.15, 0.2) is 0 Å². The second kappa shape index (κ2) is 8.46. The molecule has 0 aromatic heterocycles. The van der Waals surface area contributed by atoms with E-state index in [-0.39, 0.29) is 44.0 Å². The molecule has 1 atom stereocenters. The molecule has 1 aromatic carbocycles. The Morgan fingerprint density at radius 3 is 2.16 bits per heavy atom. The molecule has 0 N–H and O–H groups in total. The van der Waals surface area contributed by atoms with E-state index < -0.39 is 16.1 Å². The maximum absolute atomic E-state index is 2.61. The second-order valence-corrected chi connectivity index (χ2v) is 21.1. The number of hydrogen-bond acceptors (Lipinski definition) is 0. The summed E-state index contributed by atoms with van der Waals surface area (Å²) in [6, 6.07) is 9.00. The van der Waals surface area contributed by atoms with Crippen molar-refractivity contribution in [2.45, 2.75) is 49.9 Å².